The molecule has 0 radical (unpaired) electrons. The van der Waals surface area contributed by atoms with E-state index in [1.807, 2.05) is 0 Å². The van der Waals surface area contributed by atoms with Gasteiger partial charge in [0.1, 0.15) is 0 Å². The van der Waals surface area contributed by atoms with Gasteiger partial charge in [-0.1, -0.05) is 13.3 Å². The summed E-state index contributed by atoms with van der Waals surface area (Å²) < 4.78 is 0. The summed E-state index contributed by atoms with van der Waals surface area (Å²) in [5, 5.41) is 6.30. The van der Waals surface area contributed by atoms with Gasteiger partial charge in [0.05, 0.1) is 6.04 Å². The fourth-order valence-corrected chi connectivity index (χ4v) is 3.24. The molecule has 0 aromatic carbocycles. The Hall–Kier alpha value is -0.220. The first-order valence-corrected chi connectivity index (χ1v) is 7.00. The molecule has 4 heteroatoms. The third-order valence-corrected chi connectivity index (χ3v) is 4.77. The quantitative estimate of drug-likeness (QED) is 0.763. The molecule has 2 aliphatic rings. The normalized spacial score (nSPS) is 28.5. The molecule has 3 nitrogen and oxygen atoms in total. The van der Waals surface area contributed by atoms with Crippen LogP contribution in [0.4, 0.5) is 0 Å². The van der Waals surface area contributed by atoms with Gasteiger partial charge in [-0.05, 0) is 24.7 Å². The predicted molar refractivity (Wildman–Crippen MR) is 63.8 cm³/mol. The highest BCUT2D eigenvalue weighted by Gasteiger charge is 2.35. The van der Waals surface area contributed by atoms with Gasteiger partial charge in [0, 0.05) is 18.2 Å². The summed E-state index contributed by atoms with van der Waals surface area (Å²) in [6, 6.07) is 0.0454. The molecule has 1 amide bonds. The molecule has 15 heavy (non-hydrogen) atoms. The van der Waals surface area contributed by atoms with E-state index in [1.54, 1.807) is 11.8 Å². The zero-order valence-electron chi connectivity index (χ0n) is 9.34. The highest BCUT2D eigenvalue weighted by Crippen LogP contribution is 2.43. The van der Waals surface area contributed by atoms with Gasteiger partial charge < -0.3 is 5.32 Å². The van der Waals surface area contributed by atoms with Crippen LogP contribution in [0.3, 0.4) is 0 Å². The van der Waals surface area contributed by atoms with E-state index < -0.39 is 0 Å². The van der Waals surface area contributed by atoms with E-state index in [9.17, 15) is 4.79 Å². The molecule has 2 rings (SSSR count). The molecule has 2 fully saturated rings. The van der Waals surface area contributed by atoms with Crippen molar-refractivity contribution < 1.29 is 4.79 Å². The van der Waals surface area contributed by atoms with Gasteiger partial charge in [0.15, 0.2) is 0 Å². The van der Waals surface area contributed by atoms with Crippen molar-refractivity contribution in [3.63, 3.8) is 0 Å². The van der Waals surface area contributed by atoms with Crippen LogP contribution >= 0.6 is 11.8 Å². The second kappa shape index (κ2) is 4.74. The molecule has 2 N–H and O–H groups in total. The Bertz CT molecular complexity index is 229. The number of carbonyl (C=O) groups is 1. The molecule has 0 unspecified atom stereocenters. The van der Waals surface area contributed by atoms with E-state index in [2.05, 4.69) is 17.6 Å². The maximum Gasteiger partial charge on any atom is 0.238 e. The molecule has 1 atom stereocenters. The van der Waals surface area contributed by atoms with E-state index in [-0.39, 0.29) is 11.9 Å². The monoisotopic (exact) mass is 228 g/mol. The molecular formula is C11H20N2OS. The standard InChI is InChI=1S/C11H20N2OS/c1-2-11(4-3-5-11)7-12-10(14)9-6-15-8-13-9/h9,13H,2-8H2,1H3,(H,12,14)/t9-/m1/s1. The van der Waals surface area contributed by atoms with E-state index >= 15 is 0 Å². The fourth-order valence-electron chi connectivity index (χ4n) is 2.29. The van der Waals surface area contributed by atoms with Crippen LogP contribution in [0.25, 0.3) is 0 Å². The van der Waals surface area contributed by atoms with E-state index in [4.69, 9.17) is 0 Å². The van der Waals surface area contributed by atoms with Gasteiger partial charge in [-0.15, -0.1) is 11.8 Å². The molecule has 0 spiro atoms. The maximum atomic E-state index is 11.8. The van der Waals surface area contributed by atoms with Crippen molar-refractivity contribution in [2.75, 3.05) is 18.2 Å². The van der Waals surface area contributed by atoms with Gasteiger partial charge >= 0.3 is 0 Å². The lowest BCUT2D eigenvalue weighted by Gasteiger charge is -2.41. The minimum atomic E-state index is 0.0454. The first-order chi connectivity index (χ1) is 7.26. The molecular weight excluding hydrogens is 208 g/mol. The van der Waals surface area contributed by atoms with Crippen molar-refractivity contribution in [2.24, 2.45) is 5.41 Å². The van der Waals surface area contributed by atoms with Crippen LogP contribution in [0.2, 0.25) is 0 Å². The Morgan fingerprint density at radius 3 is 2.87 bits per heavy atom. The average molecular weight is 228 g/mol. The summed E-state index contributed by atoms with van der Waals surface area (Å²) in [6.07, 6.45) is 5.11. The minimum Gasteiger partial charge on any atom is -0.354 e. The fraction of sp³-hybridized carbons (Fsp3) is 0.909. The predicted octanol–water partition coefficient (Wildman–Crippen LogP) is 1.35. The summed E-state index contributed by atoms with van der Waals surface area (Å²) in [4.78, 5) is 11.8. The van der Waals surface area contributed by atoms with Gasteiger partial charge in [-0.2, -0.15) is 0 Å². The molecule has 1 saturated carbocycles. The minimum absolute atomic E-state index is 0.0454. The lowest BCUT2D eigenvalue weighted by Crippen LogP contribution is -2.48. The second-order valence-corrected chi connectivity index (χ2v) is 5.73. The van der Waals surface area contributed by atoms with Crippen molar-refractivity contribution in [1.29, 1.82) is 0 Å². The van der Waals surface area contributed by atoms with Crippen molar-refractivity contribution in [3.05, 3.63) is 0 Å². The molecule has 0 aromatic rings. The third kappa shape index (κ3) is 2.48. The van der Waals surface area contributed by atoms with E-state index in [0.717, 1.165) is 18.2 Å². The molecule has 0 bridgehead atoms. The Kier molecular flexibility index (Phi) is 3.57. The number of carbonyl (C=O) groups excluding carboxylic acids is 1. The lowest BCUT2D eigenvalue weighted by atomic mass is 9.67. The molecule has 1 heterocycles. The molecule has 1 saturated heterocycles. The zero-order valence-corrected chi connectivity index (χ0v) is 10.2. The van der Waals surface area contributed by atoms with Crippen LogP contribution in [-0.4, -0.2) is 30.1 Å². The number of hydrogen-bond donors (Lipinski definition) is 2. The van der Waals surface area contributed by atoms with Gasteiger partial charge in [0.25, 0.3) is 0 Å². The highest BCUT2D eigenvalue weighted by molar-refractivity contribution is 7.99. The SMILES string of the molecule is CCC1(CNC(=O)[C@H]2CSCN2)CCC1. The topological polar surface area (TPSA) is 41.1 Å². The Labute approximate surface area is 95.8 Å². The van der Waals surface area contributed by atoms with Crippen molar-refractivity contribution in [3.8, 4) is 0 Å². The Morgan fingerprint density at radius 1 is 1.60 bits per heavy atom. The largest absolute Gasteiger partial charge is 0.354 e. The lowest BCUT2D eigenvalue weighted by molar-refractivity contribution is -0.123. The smallest absolute Gasteiger partial charge is 0.238 e. The van der Waals surface area contributed by atoms with Crippen molar-refractivity contribution in [2.45, 2.75) is 38.6 Å². The second-order valence-electron chi connectivity index (χ2n) is 4.70. The molecule has 86 valence electrons. The first kappa shape index (κ1) is 11.3. The molecule has 1 aliphatic heterocycles. The van der Waals surface area contributed by atoms with Crippen LogP contribution in [0.1, 0.15) is 32.6 Å². The number of thioether (sulfide) groups is 1. The first-order valence-electron chi connectivity index (χ1n) is 5.85. The van der Waals surface area contributed by atoms with Crippen LogP contribution in [0.15, 0.2) is 0 Å². The Morgan fingerprint density at radius 2 is 2.40 bits per heavy atom. The average Bonchev–Trinajstić information content (AvgIpc) is 2.69. The number of amides is 1. The van der Waals surface area contributed by atoms with E-state index in [1.165, 1.54) is 25.7 Å². The van der Waals surface area contributed by atoms with Gasteiger partial charge in [-0.3, -0.25) is 10.1 Å². The Balaban J connectivity index is 1.74. The van der Waals surface area contributed by atoms with Crippen molar-refractivity contribution in [1.82, 2.24) is 10.6 Å². The van der Waals surface area contributed by atoms with Crippen LogP contribution in [0, 0.1) is 5.41 Å². The highest BCUT2D eigenvalue weighted by atomic mass is 32.2. The van der Waals surface area contributed by atoms with Gasteiger partial charge in [-0.25, -0.2) is 0 Å². The summed E-state index contributed by atoms with van der Waals surface area (Å²) in [6.45, 7) is 3.11. The van der Waals surface area contributed by atoms with Crippen molar-refractivity contribution >= 4 is 17.7 Å². The summed E-state index contributed by atoms with van der Waals surface area (Å²) in [7, 11) is 0. The number of hydrogen-bond acceptors (Lipinski definition) is 3. The van der Waals surface area contributed by atoms with Crippen LogP contribution < -0.4 is 10.6 Å². The molecule has 1 aliphatic carbocycles. The zero-order chi connectivity index (χ0) is 10.7. The van der Waals surface area contributed by atoms with E-state index in [0.29, 0.717) is 5.41 Å². The van der Waals surface area contributed by atoms with Crippen LogP contribution in [-0.2, 0) is 4.79 Å². The third-order valence-electron chi connectivity index (χ3n) is 3.83. The molecule has 0 aromatic heterocycles. The summed E-state index contributed by atoms with van der Waals surface area (Å²) >= 11 is 1.80. The van der Waals surface area contributed by atoms with Crippen LogP contribution in [0.5, 0.6) is 0 Å². The number of rotatable bonds is 4. The summed E-state index contributed by atoms with van der Waals surface area (Å²) in [5.41, 5.74) is 0.432. The maximum absolute atomic E-state index is 11.8. The summed E-state index contributed by atoms with van der Waals surface area (Å²) in [5.74, 6) is 2.03. The van der Waals surface area contributed by atoms with Gasteiger partial charge in [0.2, 0.25) is 5.91 Å². The number of nitrogens with one attached hydrogen (secondary N) is 2.